The summed E-state index contributed by atoms with van der Waals surface area (Å²) in [5.41, 5.74) is 0.672. The van der Waals surface area contributed by atoms with E-state index in [9.17, 15) is 14.3 Å². The van der Waals surface area contributed by atoms with E-state index in [0.717, 1.165) is 4.88 Å². The summed E-state index contributed by atoms with van der Waals surface area (Å²) in [4.78, 5) is 15.2. The molecule has 2 aromatic rings. The van der Waals surface area contributed by atoms with Gasteiger partial charge in [-0.25, -0.2) is 4.39 Å². The highest BCUT2D eigenvalue weighted by Crippen LogP contribution is 2.21. The Morgan fingerprint density at radius 1 is 1.38 bits per heavy atom. The molecule has 3 rings (SSSR count). The fraction of sp³-hybridized carbons (Fsp3) is 0.389. The van der Waals surface area contributed by atoms with Gasteiger partial charge in [-0.15, -0.1) is 11.3 Å². The summed E-state index contributed by atoms with van der Waals surface area (Å²) in [6, 6.07) is 9.51. The van der Waals surface area contributed by atoms with Crippen molar-refractivity contribution >= 4 is 17.1 Å². The molecule has 0 unspecified atom stereocenters. The third-order valence-electron chi connectivity index (χ3n) is 4.23. The lowest BCUT2D eigenvalue weighted by Gasteiger charge is -2.36. The zero-order valence-electron chi connectivity index (χ0n) is 13.2. The maximum absolute atomic E-state index is 13.0. The van der Waals surface area contributed by atoms with Gasteiger partial charge in [0.25, 0.3) is 0 Å². The Bertz CT molecular complexity index is 659. The molecule has 0 spiro atoms. The number of benzene rings is 1. The molecule has 128 valence electrons. The number of Topliss-reactive ketones (excluding diaryl/α,β-unsaturated/α-hetero) is 1. The predicted molar refractivity (Wildman–Crippen MR) is 90.8 cm³/mol. The van der Waals surface area contributed by atoms with Crippen molar-refractivity contribution < 1.29 is 19.0 Å². The fourth-order valence-corrected chi connectivity index (χ4v) is 3.56. The van der Waals surface area contributed by atoms with Gasteiger partial charge in [-0.05, 0) is 29.1 Å². The van der Waals surface area contributed by atoms with Crippen molar-refractivity contribution in [1.82, 2.24) is 4.90 Å². The minimum Gasteiger partial charge on any atom is -0.387 e. The number of hydrogen-bond donors (Lipinski definition) is 1. The van der Waals surface area contributed by atoms with E-state index in [1.807, 2.05) is 17.5 Å². The molecular formula is C18H20FNO3S. The Kier molecular flexibility index (Phi) is 5.73. The highest BCUT2D eigenvalue weighted by Gasteiger charge is 2.28. The number of ether oxygens (including phenoxy) is 1. The van der Waals surface area contributed by atoms with Crippen LogP contribution in [0.1, 0.15) is 27.8 Å². The van der Waals surface area contributed by atoms with E-state index in [1.165, 1.54) is 23.5 Å². The Hall–Kier alpha value is -1.60. The normalized spacial score (nSPS) is 20.0. The van der Waals surface area contributed by atoms with E-state index < -0.39 is 6.10 Å². The first-order valence-corrected chi connectivity index (χ1v) is 8.83. The van der Waals surface area contributed by atoms with Crippen LogP contribution >= 0.6 is 11.3 Å². The minimum atomic E-state index is -0.719. The molecule has 0 saturated carbocycles. The maximum atomic E-state index is 13.0. The highest BCUT2D eigenvalue weighted by atomic mass is 32.1. The van der Waals surface area contributed by atoms with Crippen LogP contribution in [0.3, 0.4) is 0 Å². The number of thiophene rings is 1. The second-order valence-electron chi connectivity index (χ2n) is 5.90. The Balaban J connectivity index is 1.63. The number of aliphatic hydroxyl groups excluding tert-OH is 1. The molecule has 2 atom stereocenters. The first-order valence-electron chi connectivity index (χ1n) is 7.95. The smallest absolute Gasteiger partial charge is 0.174 e. The molecule has 0 aliphatic carbocycles. The first-order chi connectivity index (χ1) is 11.6. The van der Waals surface area contributed by atoms with Gasteiger partial charge in [0.2, 0.25) is 0 Å². The van der Waals surface area contributed by atoms with Crippen molar-refractivity contribution in [2.45, 2.75) is 18.6 Å². The number of aliphatic hydroxyl groups is 1. The van der Waals surface area contributed by atoms with Gasteiger partial charge in [-0.3, -0.25) is 9.69 Å². The summed E-state index contributed by atoms with van der Waals surface area (Å²) in [7, 11) is 0. The van der Waals surface area contributed by atoms with Crippen LogP contribution in [0.4, 0.5) is 4.39 Å². The molecule has 0 bridgehead atoms. The van der Waals surface area contributed by atoms with Gasteiger partial charge in [-0.2, -0.15) is 0 Å². The summed E-state index contributed by atoms with van der Waals surface area (Å²) in [5.74, 6) is -0.224. The van der Waals surface area contributed by atoms with Crippen molar-refractivity contribution in [3.8, 4) is 0 Å². The van der Waals surface area contributed by atoms with Crippen LogP contribution < -0.4 is 0 Å². The van der Waals surface area contributed by atoms with E-state index >= 15 is 0 Å². The lowest BCUT2D eigenvalue weighted by Crippen LogP contribution is -2.48. The number of rotatable bonds is 6. The molecular weight excluding hydrogens is 329 g/mol. The first kappa shape index (κ1) is 17.2. The van der Waals surface area contributed by atoms with Crippen molar-refractivity contribution in [2.75, 3.05) is 26.3 Å². The van der Waals surface area contributed by atoms with Crippen LogP contribution in [0.15, 0.2) is 41.8 Å². The van der Waals surface area contributed by atoms with E-state index in [-0.39, 0.29) is 17.6 Å². The lowest BCUT2D eigenvalue weighted by atomic mass is 10.0. The topological polar surface area (TPSA) is 49.8 Å². The Morgan fingerprint density at radius 2 is 2.17 bits per heavy atom. The van der Waals surface area contributed by atoms with Crippen molar-refractivity contribution in [3.05, 3.63) is 58.0 Å². The van der Waals surface area contributed by atoms with E-state index in [4.69, 9.17) is 4.74 Å². The number of hydrogen-bond acceptors (Lipinski definition) is 5. The van der Waals surface area contributed by atoms with E-state index in [0.29, 0.717) is 38.3 Å². The molecule has 1 aromatic carbocycles. The number of carbonyl (C=O) groups is 1. The van der Waals surface area contributed by atoms with Crippen LogP contribution in [0, 0.1) is 5.82 Å². The van der Waals surface area contributed by atoms with Crippen molar-refractivity contribution in [2.24, 2.45) is 0 Å². The number of nitrogens with zero attached hydrogens (tertiary/aromatic N) is 1. The molecule has 1 aliphatic heterocycles. The lowest BCUT2D eigenvalue weighted by molar-refractivity contribution is -0.0272. The average molecular weight is 349 g/mol. The molecule has 6 heteroatoms. The van der Waals surface area contributed by atoms with Gasteiger partial charge in [0.15, 0.2) is 5.78 Å². The standard InChI is InChI=1S/C18H20FNO3S/c19-14-5-3-13(4-6-14)17(22)11-20-7-8-23-12-15(20)10-16(21)18-2-1-9-24-18/h1-6,9,15,17,22H,7-8,10-12H2/t15-,17+/m0/s1. The van der Waals surface area contributed by atoms with Crippen LogP contribution in [-0.4, -0.2) is 48.1 Å². The molecule has 1 fully saturated rings. The summed E-state index contributed by atoms with van der Waals surface area (Å²) in [6.07, 6.45) is -0.348. The average Bonchev–Trinajstić information content (AvgIpc) is 3.12. The van der Waals surface area contributed by atoms with E-state index in [1.54, 1.807) is 12.1 Å². The van der Waals surface area contributed by atoms with Crippen LogP contribution in [0.5, 0.6) is 0 Å². The SMILES string of the molecule is O=C(C[C@H]1COCCN1C[C@@H](O)c1ccc(F)cc1)c1cccs1. The van der Waals surface area contributed by atoms with E-state index in [2.05, 4.69) is 4.90 Å². The monoisotopic (exact) mass is 349 g/mol. The second kappa shape index (κ2) is 7.98. The molecule has 1 saturated heterocycles. The quantitative estimate of drug-likeness (QED) is 0.815. The van der Waals surface area contributed by atoms with Gasteiger partial charge >= 0.3 is 0 Å². The molecule has 4 nitrogen and oxygen atoms in total. The van der Waals surface area contributed by atoms with Gasteiger partial charge < -0.3 is 9.84 Å². The third-order valence-corrected chi connectivity index (χ3v) is 5.14. The number of carbonyl (C=O) groups excluding carboxylic acids is 1. The van der Waals surface area contributed by atoms with Crippen molar-refractivity contribution in [1.29, 1.82) is 0 Å². The van der Waals surface area contributed by atoms with Crippen LogP contribution in [0.25, 0.3) is 0 Å². The highest BCUT2D eigenvalue weighted by molar-refractivity contribution is 7.12. The summed E-state index contributed by atoms with van der Waals surface area (Å²) >= 11 is 1.44. The second-order valence-corrected chi connectivity index (χ2v) is 6.84. The summed E-state index contributed by atoms with van der Waals surface area (Å²) in [6.45, 7) is 2.13. The summed E-state index contributed by atoms with van der Waals surface area (Å²) in [5, 5.41) is 12.3. The zero-order valence-corrected chi connectivity index (χ0v) is 14.0. The Morgan fingerprint density at radius 3 is 2.88 bits per heavy atom. The minimum absolute atomic E-state index is 0.0524. The molecule has 2 heterocycles. The summed E-state index contributed by atoms with van der Waals surface area (Å²) < 4.78 is 18.5. The number of halogens is 1. The zero-order chi connectivity index (χ0) is 16.9. The molecule has 0 radical (unpaired) electrons. The molecule has 1 N–H and O–H groups in total. The predicted octanol–water partition coefficient (Wildman–Crippen LogP) is 2.89. The fourth-order valence-electron chi connectivity index (χ4n) is 2.88. The van der Waals surface area contributed by atoms with Gasteiger partial charge in [0.05, 0.1) is 24.2 Å². The molecule has 1 aliphatic rings. The molecule has 1 aromatic heterocycles. The van der Waals surface area contributed by atoms with Gasteiger partial charge in [0, 0.05) is 25.6 Å². The van der Waals surface area contributed by atoms with Crippen molar-refractivity contribution in [3.63, 3.8) is 0 Å². The third kappa shape index (κ3) is 4.27. The van der Waals surface area contributed by atoms with Crippen LogP contribution in [-0.2, 0) is 4.74 Å². The number of morpholine rings is 1. The van der Waals surface area contributed by atoms with Crippen LogP contribution in [0.2, 0.25) is 0 Å². The number of β-amino-alcohol motifs (C(OH)–C–C–N with tert-alkyl or cyclic N) is 1. The maximum Gasteiger partial charge on any atom is 0.174 e. The number of ketones is 1. The Labute approximate surface area is 144 Å². The largest absolute Gasteiger partial charge is 0.387 e. The molecule has 24 heavy (non-hydrogen) atoms. The van der Waals surface area contributed by atoms with Gasteiger partial charge in [0.1, 0.15) is 5.82 Å². The van der Waals surface area contributed by atoms with Gasteiger partial charge in [-0.1, -0.05) is 18.2 Å². The molecule has 0 amide bonds.